The summed E-state index contributed by atoms with van der Waals surface area (Å²) in [4.78, 5) is 2.46. The highest BCUT2D eigenvalue weighted by atomic mass is 35.5. The Balaban J connectivity index is 0.00000128. The standard InChI is InChI=1S/C13H20N2.ClH/c1-10-4-3-5-11(2)13(10)9-15-7-6-12(14)8-15;/h3-5,12H,6-9,14H2,1-2H3;1H. The summed E-state index contributed by atoms with van der Waals surface area (Å²) in [5.74, 6) is 0. The van der Waals surface area contributed by atoms with Crippen LogP contribution < -0.4 is 5.73 Å². The van der Waals surface area contributed by atoms with Gasteiger partial charge in [0.15, 0.2) is 0 Å². The molecule has 1 aliphatic rings. The lowest BCUT2D eigenvalue weighted by atomic mass is 10.0. The Hall–Kier alpha value is -0.570. The summed E-state index contributed by atoms with van der Waals surface area (Å²) in [7, 11) is 0. The minimum atomic E-state index is 0. The van der Waals surface area contributed by atoms with Gasteiger partial charge in [-0.05, 0) is 37.0 Å². The summed E-state index contributed by atoms with van der Waals surface area (Å²) < 4.78 is 0. The van der Waals surface area contributed by atoms with Crippen LogP contribution in [0.4, 0.5) is 0 Å². The van der Waals surface area contributed by atoms with Gasteiger partial charge in [-0.15, -0.1) is 12.4 Å². The Kier molecular flexibility index (Phi) is 4.78. The van der Waals surface area contributed by atoms with Gasteiger partial charge in [0.25, 0.3) is 0 Å². The van der Waals surface area contributed by atoms with E-state index in [9.17, 15) is 0 Å². The Morgan fingerprint density at radius 2 is 1.94 bits per heavy atom. The molecule has 0 aliphatic carbocycles. The molecule has 1 aliphatic heterocycles. The number of rotatable bonds is 2. The molecule has 0 aromatic heterocycles. The van der Waals surface area contributed by atoms with Crippen molar-refractivity contribution in [3.8, 4) is 0 Å². The van der Waals surface area contributed by atoms with Gasteiger partial charge in [-0.1, -0.05) is 18.2 Å². The molecule has 1 atom stereocenters. The van der Waals surface area contributed by atoms with Gasteiger partial charge >= 0.3 is 0 Å². The molecule has 90 valence electrons. The van der Waals surface area contributed by atoms with Crippen molar-refractivity contribution < 1.29 is 0 Å². The van der Waals surface area contributed by atoms with Gasteiger partial charge in [0.05, 0.1) is 0 Å². The summed E-state index contributed by atoms with van der Waals surface area (Å²) >= 11 is 0. The highest BCUT2D eigenvalue weighted by Crippen LogP contribution is 2.18. The predicted molar refractivity (Wildman–Crippen MR) is 71.0 cm³/mol. The van der Waals surface area contributed by atoms with Gasteiger partial charge in [-0.3, -0.25) is 4.90 Å². The molecule has 16 heavy (non-hydrogen) atoms. The summed E-state index contributed by atoms with van der Waals surface area (Å²) in [6.07, 6.45) is 1.14. The highest BCUT2D eigenvalue weighted by Gasteiger charge is 2.19. The van der Waals surface area contributed by atoms with Crippen LogP contribution in [-0.2, 0) is 6.54 Å². The van der Waals surface area contributed by atoms with Crippen LogP contribution >= 0.6 is 12.4 Å². The quantitative estimate of drug-likeness (QED) is 0.859. The first-order valence-corrected chi connectivity index (χ1v) is 5.70. The molecule has 2 rings (SSSR count). The maximum absolute atomic E-state index is 5.91. The third-order valence-electron chi connectivity index (χ3n) is 3.34. The number of benzene rings is 1. The Morgan fingerprint density at radius 3 is 2.44 bits per heavy atom. The molecule has 0 radical (unpaired) electrons. The first-order valence-electron chi connectivity index (χ1n) is 5.70. The summed E-state index contributed by atoms with van der Waals surface area (Å²) in [5, 5.41) is 0. The molecule has 0 bridgehead atoms. The van der Waals surface area contributed by atoms with E-state index in [1.165, 1.54) is 16.7 Å². The first-order chi connectivity index (χ1) is 7.16. The molecule has 0 spiro atoms. The maximum Gasteiger partial charge on any atom is 0.0239 e. The molecule has 1 aromatic carbocycles. The number of hydrogen-bond acceptors (Lipinski definition) is 2. The Bertz CT molecular complexity index is 332. The fourth-order valence-corrected chi connectivity index (χ4v) is 2.33. The number of likely N-dealkylation sites (tertiary alicyclic amines) is 1. The fourth-order valence-electron chi connectivity index (χ4n) is 2.33. The number of hydrogen-bond donors (Lipinski definition) is 1. The van der Waals surface area contributed by atoms with E-state index in [1.807, 2.05) is 0 Å². The number of nitrogens with zero attached hydrogens (tertiary/aromatic N) is 1. The smallest absolute Gasteiger partial charge is 0.0239 e. The van der Waals surface area contributed by atoms with Crippen molar-refractivity contribution in [1.82, 2.24) is 4.90 Å². The van der Waals surface area contributed by atoms with Crippen LogP contribution in [0.25, 0.3) is 0 Å². The minimum absolute atomic E-state index is 0. The van der Waals surface area contributed by atoms with Crippen molar-refractivity contribution in [2.75, 3.05) is 13.1 Å². The zero-order chi connectivity index (χ0) is 10.8. The third kappa shape index (κ3) is 2.97. The van der Waals surface area contributed by atoms with Crippen LogP contribution in [0.2, 0.25) is 0 Å². The Morgan fingerprint density at radius 1 is 1.31 bits per heavy atom. The van der Waals surface area contributed by atoms with E-state index in [-0.39, 0.29) is 12.4 Å². The maximum atomic E-state index is 5.91. The monoisotopic (exact) mass is 240 g/mol. The SMILES string of the molecule is Cc1cccc(C)c1CN1CCC(N)C1.Cl. The molecule has 1 fully saturated rings. The van der Waals surface area contributed by atoms with Gasteiger partial charge in [-0.25, -0.2) is 0 Å². The van der Waals surface area contributed by atoms with Crippen molar-refractivity contribution in [2.45, 2.75) is 32.9 Å². The molecule has 0 amide bonds. The van der Waals surface area contributed by atoms with Crippen molar-refractivity contribution >= 4 is 12.4 Å². The molecule has 2 nitrogen and oxygen atoms in total. The summed E-state index contributed by atoms with van der Waals surface area (Å²) in [6.45, 7) is 7.64. The van der Waals surface area contributed by atoms with Crippen LogP contribution in [-0.4, -0.2) is 24.0 Å². The summed E-state index contributed by atoms with van der Waals surface area (Å²) in [5.41, 5.74) is 10.2. The van der Waals surface area contributed by atoms with Crippen LogP contribution in [0.1, 0.15) is 23.1 Å². The average molecular weight is 241 g/mol. The van der Waals surface area contributed by atoms with E-state index in [2.05, 4.69) is 36.9 Å². The lowest BCUT2D eigenvalue weighted by molar-refractivity contribution is 0.325. The average Bonchev–Trinajstić information content (AvgIpc) is 2.58. The number of aryl methyl sites for hydroxylation is 2. The summed E-state index contributed by atoms with van der Waals surface area (Å²) in [6, 6.07) is 6.90. The molecule has 1 aromatic rings. The van der Waals surface area contributed by atoms with E-state index < -0.39 is 0 Å². The van der Waals surface area contributed by atoms with Crippen LogP contribution in [0, 0.1) is 13.8 Å². The highest BCUT2D eigenvalue weighted by molar-refractivity contribution is 5.85. The van der Waals surface area contributed by atoms with Crippen LogP contribution in [0.15, 0.2) is 18.2 Å². The number of halogens is 1. The lowest BCUT2D eigenvalue weighted by Gasteiger charge is -2.18. The minimum Gasteiger partial charge on any atom is -0.326 e. The topological polar surface area (TPSA) is 29.3 Å². The second kappa shape index (κ2) is 5.67. The molecule has 3 heteroatoms. The first kappa shape index (κ1) is 13.5. The van der Waals surface area contributed by atoms with Crippen molar-refractivity contribution in [3.05, 3.63) is 34.9 Å². The van der Waals surface area contributed by atoms with Gasteiger partial charge < -0.3 is 5.73 Å². The Labute approximate surface area is 104 Å². The third-order valence-corrected chi connectivity index (χ3v) is 3.34. The van der Waals surface area contributed by atoms with Gasteiger partial charge in [0, 0.05) is 25.7 Å². The second-order valence-electron chi connectivity index (χ2n) is 4.65. The molecular formula is C13H21ClN2. The molecule has 1 heterocycles. The van der Waals surface area contributed by atoms with E-state index >= 15 is 0 Å². The lowest BCUT2D eigenvalue weighted by Crippen LogP contribution is -2.26. The molecular weight excluding hydrogens is 220 g/mol. The molecule has 2 N–H and O–H groups in total. The number of nitrogens with two attached hydrogens (primary N) is 1. The van der Waals surface area contributed by atoms with Crippen LogP contribution in [0.5, 0.6) is 0 Å². The van der Waals surface area contributed by atoms with E-state index in [1.54, 1.807) is 0 Å². The zero-order valence-corrected chi connectivity index (χ0v) is 10.9. The largest absolute Gasteiger partial charge is 0.326 e. The van der Waals surface area contributed by atoms with Crippen molar-refractivity contribution in [2.24, 2.45) is 5.73 Å². The van der Waals surface area contributed by atoms with Crippen molar-refractivity contribution in [1.29, 1.82) is 0 Å². The fraction of sp³-hybridized carbons (Fsp3) is 0.538. The van der Waals surface area contributed by atoms with Gasteiger partial charge in [-0.2, -0.15) is 0 Å². The second-order valence-corrected chi connectivity index (χ2v) is 4.65. The van der Waals surface area contributed by atoms with E-state index in [0.29, 0.717) is 6.04 Å². The van der Waals surface area contributed by atoms with Crippen LogP contribution in [0.3, 0.4) is 0 Å². The normalized spacial score (nSPS) is 20.8. The van der Waals surface area contributed by atoms with E-state index in [0.717, 1.165) is 26.1 Å². The van der Waals surface area contributed by atoms with Crippen molar-refractivity contribution in [3.63, 3.8) is 0 Å². The zero-order valence-electron chi connectivity index (χ0n) is 10.1. The molecule has 1 saturated heterocycles. The van der Waals surface area contributed by atoms with Gasteiger partial charge in [0.2, 0.25) is 0 Å². The van der Waals surface area contributed by atoms with E-state index in [4.69, 9.17) is 5.73 Å². The van der Waals surface area contributed by atoms with Gasteiger partial charge in [0.1, 0.15) is 0 Å². The predicted octanol–water partition coefficient (Wildman–Crippen LogP) is 2.26. The molecule has 1 unspecified atom stereocenters. The molecule has 0 saturated carbocycles.